The number of nitriles is 1. The van der Waals surface area contributed by atoms with Crippen molar-refractivity contribution in [3.05, 3.63) is 86.5 Å². The zero-order valence-corrected chi connectivity index (χ0v) is 27.4. The lowest BCUT2D eigenvalue weighted by Gasteiger charge is -2.43. The summed E-state index contributed by atoms with van der Waals surface area (Å²) in [4.78, 5) is 52.4. The number of piperazine rings is 1. The standard InChI is InChI=1S/C31H33F3N8O4.CH2O2/c1-19-25(27(43)46-5)26(41-28(36-37-29(41)44)40(19)23-8-6-7-22(16-23)31(32,33)34)24-10-9-20(17-35)15-21(24)18-42(4)13-11-39(12-14-42)30(45)38(2)3;2-1-3/h6-10,15-16,26H,11-14,18H2,1-5H3;1H,(H,2,3)/t26-;/m1./s1. The molecule has 0 saturated carbocycles. The van der Waals surface area contributed by atoms with Crippen LogP contribution in [0.25, 0.3) is 0 Å². The fraction of sp³-hybridized carbons (Fsp3) is 0.375. The highest BCUT2D eigenvalue weighted by Gasteiger charge is 2.42. The van der Waals surface area contributed by atoms with Crippen molar-refractivity contribution in [3.8, 4) is 6.07 Å². The zero-order chi connectivity index (χ0) is 36.3. The van der Waals surface area contributed by atoms with Gasteiger partial charge in [0, 0.05) is 37.5 Å². The number of esters is 1. The number of nitrogens with one attached hydrogen (secondary N) is 1. The zero-order valence-electron chi connectivity index (χ0n) is 27.4. The van der Waals surface area contributed by atoms with E-state index >= 15 is 0 Å². The third kappa shape index (κ3) is 7.28. The van der Waals surface area contributed by atoms with Gasteiger partial charge in [-0.2, -0.15) is 18.4 Å². The maximum atomic E-state index is 13.7. The van der Waals surface area contributed by atoms with E-state index in [1.165, 1.54) is 33.6 Å². The predicted molar refractivity (Wildman–Crippen MR) is 167 cm³/mol. The van der Waals surface area contributed by atoms with Gasteiger partial charge < -0.3 is 28.9 Å². The van der Waals surface area contributed by atoms with Crippen LogP contribution in [0.1, 0.15) is 35.2 Å². The summed E-state index contributed by atoms with van der Waals surface area (Å²) in [5.41, 5.74) is 0.238. The second-order valence-electron chi connectivity index (χ2n) is 12.0. The molecule has 0 bridgehead atoms. The first-order valence-electron chi connectivity index (χ1n) is 14.9. The molecule has 1 fully saturated rings. The lowest BCUT2D eigenvalue weighted by Crippen LogP contribution is -2.59. The fourth-order valence-electron chi connectivity index (χ4n) is 6.15. The lowest BCUT2D eigenvalue weighted by molar-refractivity contribution is -0.926. The number of likely N-dealkylation sites (N-methyl/N-ethyl adjacent to an activating group) is 1. The molecule has 0 aliphatic carbocycles. The van der Waals surface area contributed by atoms with Crippen LogP contribution in [-0.4, -0.2) is 102 Å². The minimum absolute atomic E-state index is 0.0194. The summed E-state index contributed by atoms with van der Waals surface area (Å²) in [6, 6.07) is 10.5. The van der Waals surface area contributed by atoms with Gasteiger partial charge >= 0.3 is 23.9 Å². The minimum atomic E-state index is -4.63. The molecule has 5 rings (SSSR count). The largest absolute Gasteiger partial charge is 0.554 e. The van der Waals surface area contributed by atoms with E-state index in [1.807, 2.05) is 7.05 Å². The molecule has 49 heavy (non-hydrogen) atoms. The number of fused-ring (bicyclic) bond motifs is 1. The van der Waals surface area contributed by atoms with Crippen molar-refractivity contribution < 1.29 is 41.9 Å². The van der Waals surface area contributed by atoms with E-state index in [0.29, 0.717) is 53.9 Å². The normalized spacial score (nSPS) is 16.9. The van der Waals surface area contributed by atoms with Gasteiger partial charge in [-0.15, -0.1) is 5.10 Å². The van der Waals surface area contributed by atoms with Gasteiger partial charge in [0.05, 0.1) is 63.1 Å². The van der Waals surface area contributed by atoms with E-state index < -0.39 is 35.9 Å². The Bertz CT molecular complexity index is 1870. The quantitative estimate of drug-likeness (QED) is 0.240. The number of methoxy groups -OCH3 is 1. The van der Waals surface area contributed by atoms with Crippen molar-refractivity contribution in [3.63, 3.8) is 0 Å². The molecule has 3 heterocycles. The van der Waals surface area contributed by atoms with Crippen molar-refractivity contribution in [1.82, 2.24) is 24.6 Å². The van der Waals surface area contributed by atoms with E-state index in [-0.39, 0.29) is 28.9 Å². The van der Waals surface area contributed by atoms with E-state index in [9.17, 15) is 32.8 Å². The number of hydrogen-bond acceptors (Lipinski definition) is 9. The van der Waals surface area contributed by atoms with Crippen molar-refractivity contribution in [2.45, 2.75) is 25.7 Å². The van der Waals surface area contributed by atoms with Crippen LogP contribution in [0.3, 0.4) is 0 Å². The van der Waals surface area contributed by atoms with E-state index in [2.05, 4.69) is 16.3 Å². The summed E-state index contributed by atoms with van der Waals surface area (Å²) >= 11 is 0. The average molecular weight is 685 g/mol. The Kier molecular flexibility index (Phi) is 10.5. The number of H-pyrrole nitrogens is 1. The van der Waals surface area contributed by atoms with Crippen LogP contribution in [0, 0.1) is 11.3 Å². The van der Waals surface area contributed by atoms with E-state index in [1.54, 1.807) is 44.1 Å². The molecule has 1 saturated heterocycles. The van der Waals surface area contributed by atoms with Crippen molar-refractivity contribution >= 4 is 30.1 Å². The highest BCUT2D eigenvalue weighted by atomic mass is 19.4. The van der Waals surface area contributed by atoms with Gasteiger partial charge in [-0.05, 0) is 42.8 Å². The molecule has 0 unspecified atom stereocenters. The number of urea groups is 1. The molecule has 3 aromatic rings. The predicted octanol–water partition coefficient (Wildman–Crippen LogP) is 1.96. The number of benzene rings is 2. The number of halogens is 3. The van der Waals surface area contributed by atoms with Crippen molar-refractivity contribution in [2.75, 3.05) is 59.3 Å². The number of ether oxygens (including phenoxy) is 1. The molecule has 2 aliphatic rings. The van der Waals surface area contributed by atoms with Crippen LogP contribution in [0.4, 0.5) is 29.6 Å². The first kappa shape index (κ1) is 36.2. The van der Waals surface area contributed by atoms with Crippen LogP contribution >= 0.6 is 0 Å². The van der Waals surface area contributed by atoms with E-state index in [0.717, 1.165) is 12.1 Å². The maximum absolute atomic E-state index is 13.7. The number of carbonyl (C=O) groups excluding carboxylic acids is 3. The average Bonchev–Trinajstić information content (AvgIpc) is 3.44. The first-order valence-corrected chi connectivity index (χ1v) is 14.9. The highest BCUT2D eigenvalue weighted by molar-refractivity contribution is 5.93. The number of hydrogen-bond donors (Lipinski definition) is 1. The van der Waals surface area contributed by atoms with Gasteiger partial charge in [-0.25, -0.2) is 24.0 Å². The SMILES string of the molecule is COC(=O)C1=C(C)N(c2cccc(C(F)(F)F)c2)c2n[nH]c(=O)n2[C@@H]1c1ccc(C#N)cc1C[N+]1(C)CCN(C(=O)N(C)C)CC1.O=C[O-]. The fourth-order valence-corrected chi connectivity index (χ4v) is 6.15. The van der Waals surface area contributed by atoms with Crippen molar-refractivity contribution in [2.24, 2.45) is 0 Å². The summed E-state index contributed by atoms with van der Waals surface area (Å²) in [5, 5.41) is 24.6. The van der Waals surface area contributed by atoms with Gasteiger partial charge in [-0.3, -0.25) is 4.90 Å². The number of amides is 2. The second kappa shape index (κ2) is 14.2. The number of nitrogens with zero attached hydrogens (tertiary/aromatic N) is 7. The molecule has 0 radical (unpaired) electrons. The second-order valence-corrected chi connectivity index (χ2v) is 12.0. The van der Waals surface area contributed by atoms with E-state index in [4.69, 9.17) is 14.6 Å². The number of quaternary nitrogens is 1. The first-order chi connectivity index (χ1) is 23.1. The Morgan fingerprint density at radius 3 is 2.43 bits per heavy atom. The minimum Gasteiger partial charge on any atom is -0.554 e. The number of anilines is 2. The summed E-state index contributed by atoms with van der Waals surface area (Å²) in [6.45, 7) is 3.69. The Morgan fingerprint density at radius 2 is 1.86 bits per heavy atom. The summed E-state index contributed by atoms with van der Waals surface area (Å²) in [7, 11) is 6.61. The highest BCUT2D eigenvalue weighted by Crippen LogP contribution is 2.44. The number of carbonyl (C=O) groups is 3. The molecule has 14 nitrogen and oxygen atoms in total. The third-order valence-corrected chi connectivity index (χ3v) is 8.57. The van der Waals surface area contributed by atoms with Gasteiger partial charge in [0.2, 0.25) is 5.95 Å². The smallest absolute Gasteiger partial charge is 0.416 e. The molecule has 1 aromatic heterocycles. The lowest BCUT2D eigenvalue weighted by atomic mass is 9.89. The van der Waals surface area contributed by atoms with Crippen LogP contribution in [0.15, 0.2) is 58.5 Å². The Labute approximate surface area is 279 Å². The topological polar surface area (TPSA) is 168 Å². The Morgan fingerprint density at radius 1 is 1.20 bits per heavy atom. The van der Waals surface area contributed by atoms with Crippen LogP contribution in [-0.2, 0) is 27.0 Å². The Balaban J connectivity index is 0.00000174. The summed E-state index contributed by atoms with van der Waals surface area (Å²) < 4.78 is 47.9. The van der Waals surface area contributed by atoms with Gasteiger partial charge in [-0.1, -0.05) is 12.1 Å². The molecule has 2 aliphatic heterocycles. The molecule has 1 N–H and O–H groups in total. The van der Waals surface area contributed by atoms with Crippen LogP contribution in [0.5, 0.6) is 0 Å². The van der Waals surface area contributed by atoms with Crippen LogP contribution in [0.2, 0.25) is 0 Å². The van der Waals surface area contributed by atoms with Gasteiger partial charge in [0.15, 0.2) is 0 Å². The molecule has 260 valence electrons. The third-order valence-electron chi connectivity index (χ3n) is 8.57. The number of allylic oxidation sites excluding steroid dienone is 1. The molecule has 0 spiro atoms. The summed E-state index contributed by atoms with van der Waals surface area (Å²) in [5.74, 6) is -0.810. The number of aromatic nitrogens is 3. The molecule has 17 heteroatoms. The maximum Gasteiger partial charge on any atom is 0.416 e. The number of rotatable bonds is 5. The molecular weight excluding hydrogens is 649 g/mol. The van der Waals surface area contributed by atoms with Crippen molar-refractivity contribution in [1.29, 1.82) is 5.26 Å². The molecular formula is C32H35F3N8O6. The van der Waals surface area contributed by atoms with Crippen LogP contribution < -0.4 is 15.7 Å². The summed E-state index contributed by atoms with van der Waals surface area (Å²) in [6.07, 6.45) is -4.63. The van der Waals surface area contributed by atoms with Gasteiger partial charge in [0.1, 0.15) is 12.6 Å². The molecule has 2 amide bonds. The van der Waals surface area contributed by atoms with Gasteiger partial charge in [0.25, 0.3) is 0 Å². The number of carboxylic acid groups (broad SMARTS) is 1. The molecule has 2 aromatic carbocycles. The monoisotopic (exact) mass is 684 g/mol. The number of alkyl halides is 3. The number of aromatic amines is 1. The molecule has 1 atom stereocenters. The Hall–Kier alpha value is -5.63.